The summed E-state index contributed by atoms with van der Waals surface area (Å²) in [7, 11) is 0. The molecule has 0 aromatic rings. The molecule has 0 heterocycles. The monoisotopic (exact) mass is 400 g/mol. The van der Waals surface area contributed by atoms with Gasteiger partial charge in [0.05, 0.1) is 25.0 Å². The molecule has 0 rings (SSSR count). The Morgan fingerprint density at radius 1 is 0.643 bits per heavy atom. The highest BCUT2D eigenvalue weighted by Gasteiger charge is 2.22. The van der Waals surface area contributed by atoms with E-state index in [4.69, 9.17) is 20.9 Å². The summed E-state index contributed by atoms with van der Waals surface area (Å²) < 4.78 is 10.8. The highest BCUT2D eigenvalue weighted by molar-refractivity contribution is 5.72. The zero-order chi connectivity index (χ0) is 21.4. The Kier molecular flexibility index (Phi) is 16.1. The van der Waals surface area contributed by atoms with Crippen molar-refractivity contribution in [2.75, 3.05) is 26.3 Å². The highest BCUT2D eigenvalue weighted by Crippen LogP contribution is 2.22. The van der Waals surface area contributed by atoms with Crippen molar-refractivity contribution in [2.24, 2.45) is 35.1 Å². The quantitative estimate of drug-likeness (QED) is 0.285. The van der Waals surface area contributed by atoms with E-state index >= 15 is 0 Å². The van der Waals surface area contributed by atoms with Gasteiger partial charge < -0.3 is 20.9 Å². The molecule has 0 aliphatic rings. The number of esters is 2. The molecule has 0 saturated carbocycles. The summed E-state index contributed by atoms with van der Waals surface area (Å²) in [5.74, 6) is 0.241. The van der Waals surface area contributed by atoms with Crippen molar-refractivity contribution >= 4 is 11.9 Å². The van der Waals surface area contributed by atoms with Crippen LogP contribution in [0.15, 0.2) is 0 Å². The molecule has 0 aliphatic heterocycles. The molecule has 0 saturated heterocycles. The van der Waals surface area contributed by atoms with Crippen molar-refractivity contribution in [3.63, 3.8) is 0 Å². The maximum atomic E-state index is 12.3. The van der Waals surface area contributed by atoms with Gasteiger partial charge in [0, 0.05) is 0 Å². The van der Waals surface area contributed by atoms with Gasteiger partial charge in [0.15, 0.2) is 0 Å². The van der Waals surface area contributed by atoms with Gasteiger partial charge in [-0.25, -0.2) is 0 Å². The van der Waals surface area contributed by atoms with Crippen LogP contribution < -0.4 is 11.5 Å². The molecule has 6 nitrogen and oxygen atoms in total. The van der Waals surface area contributed by atoms with Gasteiger partial charge in [-0.1, -0.05) is 40.5 Å². The average Bonchev–Trinajstić information content (AvgIpc) is 2.65. The van der Waals surface area contributed by atoms with Crippen molar-refractivity contribution < 1.29 is 19.1 Å². The molecule has 4 N–H and O–H groups in total. The second kappa shape index (κ2) is 16.8. The summed E-state index contributed by atoms with van der Waals surface area (Å²) in [6.45, 7) is 10.2. The predicted octanol–water partition coefficient (Wildman–Crippen LogP) is 3.66. The van der Waals surface area contributed by atoms with Crippen LogP contribution in [0.3, 0.4) is 0 Å². The molecule has 0 radical (unpaired) electrons. The number of nitrogens with two attached hydrogens (primary N) is 2. The lowest BCUT2D eigenvalue weighted by Crippen LogP contribution is -2.22. The maximum Gasteiger partial charge on any atom is 0.308 e. The molecule has 0 amide bonds. The zero-order valence-electron chi connectivity index (χ0n) is 18.6. The molecular weight excluding hydrogens is 356 g/mol. The third-order valence-corrected chi connectivity index (χ3v) is 4.65. The minimum atomic E-state index is -0.113. The molecule has 0 aliphatic carbocycles. The Bertz CT molecular complexity index is 375. The Hall–Kier alpha value is -1.14. The van der Waals surface area contributed by atoms with Crippen LogP contribution in [0, 0.1) is 23.7 Å². The SMILES string of the molecule is CC(C)COC(=O)C(CCCN)CCCCC(CCCN)C(=O)OCC(C)C. The van der Waals surface area contributed by atoms with Crippen LogP contribution in [0.1, 0.15) is 79.1 Å². The lowest BCUT2D eigenvalue weighted by Gasteiger charge is -2.19. The summed E-state index contributed by atoms with van der Waals surface area (Å²) in [4.78, 5) is 24.7. The Morgan fingerprint density at radius 2 is 0.964 bits per heavy atom. The van der Waals surface area contributed by atoms with E-state index in [1.807, 2.05) is 27.7 Å². The van der Waals surface area contributed by atoms with Crippen molar-refractivity contribution in [3.8, 4) is 0 Å². The van der Waals surface area contributed by atoms with Gasteiger partial charge in [-0.15, -0.1) is 0 Å². The summed E-state index contributed by atoms with van der Waals surface area (Å²) in [5.41, 5.74) is 11.2. The van der Waals surface area contributed by atoms with Crippen LogP contribution >= 0.6 is 0 Å². The highest BCUT2D eigenvalue weighted by atomic mass is 16.5. The number of hydrogen-bond donors (Lipinski definition) is 2. The van der Waals surface area contributed by atoms with E-state index in [1.54, 1.807) is 0 Å². The van der Waals surface area contributed by atoms with E-state index < -0.39 is 0 Å². The molecule has 28 heavy (non-hydrogen) atoms. The largest absolute Gasteiger partial charge is 0.465 e. The number of carbonyl (C=O) groups excluding carboxylic acids is 2. The summed E-state index contributed by atoms with van der Waals surface area (Å²) in [6.07, 6.45) is 6.51. The van der Waals surface area contributed by atoms with Crippen molar-refractivity contribution in [3.05, 3.63) is 0 Å². The summed E-state index contributed by atoms with van der Waals surface area (Å²) >= 11 is 0. The molecule has 2 atom stereocenters. The molecule has 0 spiro atoms. The Morgan fingerprint density at radius 3 is 1.25 bits per heavy atom. The van der Waals surface area contributed by atoms with Gasteiger partial charge in [-0.05, 0) is 63.5 Å². The predicted molar refractivity (Wildman–Crippen MR) is 114 cm³/mol. The first kappa shape index (κ1) is 26.9. The normalized spacial score (nSPS) is 13.6. The molecule has 166 valence electrons. The van der Waals surface area contributed by atoms with Crippen LogP contribution in [0.5, 0.6) is 0 Å². The van der Waals surface area contributed by atoms with Crippen molar-refractivity contribution in [2.45, 2.75) is 79.1 Å². The molecule has 2 unspecified atom stereocenters. The van der Waals surface area contributed by atoms with Crippen LogP contribution in [-0.4, -0.2) is 38.2 Å². The van der Waals surface area contributed by atoms with E-state index in [0.717, 1.165) is 51.4 Å². The third kappa shape index (κ3) is 13.9. The molecule has 0 aromatic carbocycles. The van der Waals surface area contributed by atoms with E-state index in [-0.39, 0.29) is 23.8 Å². The fraction of sp³-hybridized carbons (Fsp3) is 0.909. The van der Waals surface area contributed by atoms with Crippen LogP contribution in [0.4, 0.5) is 0 Å². The smallest absolute Gasteiger partial charge is 0.308 e. The van der Waals surface area contributed by atoms with E-state index in [0.29, 0.717) is 38.1 Å². The van der Waals surface area contributed by atoms with Crippen LogP contribution in [0.25, 0.3) is 0 Å². The first-order valence-corrected chi connectivity index (χ1v) is 11.0. The molecule has 0 fully saturated rings. The number of hydrogen-bond acceptors (Lipinski definition) is 6. The van der Waals surface area contributed by atoms with Gasteiger partial charge in [0.1, 0.15) is 0 Å². The molecule has 6 heteroatoms. The molecule has 0 aromatic heterocycles. The van der Waals surface area contributed by atoms with Crippen molar-refractivity contribution in [1.82, 2.24) is 0 Å². The standard InChI is InChI=1S/C22H44N2O4/c1-17(2)15-27-21(25)19(11-7-13-23)9-5-6-10-20(12-8-14-24)22(26)28-16-18(3)4/h17-20H,5-16,23-24H2,1-4H3. The lowest BCUT2D eigenvalue weighted by molar-refractivity contribution is -0.151. The fourth-order valence-electron chi connectivity index (χ4n) is 3.00. The number of carbonyl (C=O) groups is 2. The number of unbranched alkanes of at least 4 members (excludes halogenated alkanes) is 1. The summed E-state index contributed by atoms with van der Waals surface area (Å²) in [6, 6.07) is 0. The first-order chi connectivity index (χ1) is 13.3. The third-order valence-electron chi connectivity index (χ3n) is 4.65. The van der Waals surface area contributed by atoms with Gasteiger partial charge >= 0.3 is 11.9 Å². The lowest BCUT2D eigenvalue weighted by atomic mass is 9.92. The fourth-order valence-corrected chi connectivity index (χ4v) is 3.00. The van der Waals surface area contributed by atoms with E-state index in [9.17, 15) is 9.59 Å². The first-order valence-electron chi connectivity index (χ1n) is 11.0. The van der Waals surface area contributed by atoms with Gasteiger partial charge in [0.25, 0.3) is 0 Å². The minimum absolute atomic E-state index is 0.0994. The maximum absolute atomic E-state index is 12.3. The number of ether oxygens (including phenoxy) is 2. The second-order valence-corrected chi connectivity index (χ2v) is 8.59. The van der Waals surface area contributed by atoms with E-state index in [2.05, 4.69) is 0 Å². The van der Waals surface area contributed by atoms with Gasteiger partial charge in [0.2, 0.25) is 0 Å². The molecule has 0 bridgehead atoms. The second-order valence-electron chi connectivity index (χ2n) is 8.59. The van der Waals surface area contributed by atoms with Gasteiger partial charge in [-0.3, -0.25) is 9.59 Å². The van der Waals surface area contributed by atoms with Crippen LogP contribution in [-0.2, 0) is 19.1 Å². The Labute approximate surface area is 172 Å². The van der Waals surface area contributed by atoms with Gasteiger partial charge in [-0.2, -0.15) is 0 Å². The van der Waals surface area contributed by atoms with Crippen LogP contribution in [0.2, 0.25) is 0 Å². The van der Waals surface area contributed by atoms with Crippen molar-refractivity contribution in [1.29, 1.82) is 0 Å². The summed E-state index contributed by atoms with van der Waals surface area (Å²) in [5, 5.41) is 0. The average molecular weight is 401 g/mol. The number of rotatable bonds is 17. The van der Waals surface area contributed by atoms with E-state index in [1.165, 1.54) is 0 Å². The minimum Gasteiger partial charge on any atom is -0.465 e. The Balaban J connectivity index is 4.46. The molecular formula is C22H44N2O4. The zero-order valence-corrected chi connectivity index (χ0v) is 18.6. The topological polar surface area (TPSA) is 105 Å².